The van der Waals surface area contributed by atoms with Crippen LogP contribution in [0, 0.1) is 0 Å². The van der Waals surface area contributed by atoms with Crippen molar-refractivity contribution in [2.75, 3.05) is 6.61 Å². The molecule has 3 aromatic carbocycles. The van der Waals surface area contributed by atoms with Crippen molar-refractivity contribution in [2.24, 2.45) is 0 Å². The van der Waals surface area contributed by atoms with Crippen LogP contribution in [0.4, 0.5) is 0 Å². The van der Waals surface area contributed by atoms with Crippen LogP contribution in [0.15, 0.2) is 60.7 Å². The first kappa shape index (κ1) is 18.8. The third-order valence-electron chi connectivity index (χ3n) is 6.10. The molecular formula is C26H22O4. The van der Waals surface area contributed by atoms with Gasteiger partial charge in [0, 0.05) is 17.7 Å². The number of rotatable bonds is 5. The number of carboxylic acid groups (broad SMARTS) is 1. The van der Waals surface area contributed by atoms with Gasteiger partial charge in [-0.25, -0.2) is 4.79 Å². The highest BCUT2D eigenvalue weighted by Crippen LogP contribution is 2.38. The van der Waals surface area contributed by atoms with Gasteiger partial charge in [-0.05, 0) is 65.6 Å². The molecule has 1 heterocycles. The third-order valence-corrected chi connectivity index (χ3v) is 6.10. The summed E-state index contributed by atoms with van der Waals surface area (Å²) in [7, 11) is 0. The molecule has 1 atom stereocenters. The third kappa shape index (κ3) is 3.33. The van der Waals surface area contributed by atoms with Gasteiger partial charge in [0.25, 0.3) is 0 Å². The van der Waals surface area contributed by atoms with E-state index in [9.17, 15) is 14.7 Å². The Kier molecular flexibility index (Phi) is 4.72. The van der Waals surface area contributed by atoms with Crippen molar-refractivity contribution < 1.29 is 19.4 Å². The molecule has 5 rings (SSSR count). The summed E-state index contributed by atoms with van der Waals surface area (Å²) in [6.45, 7) is 0.864. The standard InChI is InChI=1S/C26H22O4/c27-25(23-5-1-2-6-24(23)26(28)29)17-8-10-22-19(14-17)15-18-12-16(7-9-21(18)22)13-20-4-3-11-30-20/h1-2,5-10,12,14,20H,3-4,11,13,15H2,(H,28,29). The second kappa shape index (κ2) is 7.54. The second-order valence-corrected chi connectivity index (χ2v) is 8.06. The second-order valence-electron chi connectivity index (χ2n) is 8.06. The molecule has 0 radical (unpaired) electrons. The maximum absolute atomic E-state index is 13.0. The molecule has 0 amide bonds. The number of hydrogen-bond donors (Lipinski definition) is 1. The molecule has 0 saturated carbocycles. The number of carbonyl (C=O) groups is 2. The Morgan fingerprint density at radius 2 is 1.67 bits per heavy atom. The van der Waals surface area contributed by atoms with E-state index in [-0.39, 0.29) is 16.9 Å². The Bertz CT molecular complexity index is 1160. The number of fused-ring (bicyclic) bond motifs is 3. The highest BCUT2D eigenvalue weighted by atomic mass is 16.5. The molecule has 150 valence electrons. The quantitative estimate of drug-likeness (QED) is 0.485. The van der Waals surface area contributed by atoms with Crippen molar-refractivity contribution in [1.82, 2.24) is 0 Å². The van der Waals surface area contributed by atoms with Crippen molar-refractivity contribution in [3.63, 3.8) is 0 Å². The molecule has 1 saturated heterocycles. The summed E-state index contributed by atoms with van der Waals surface area (Å²) < 4.78 is 5.77. The Hall–Kier alpha value is -3.24. The summed E-state index contributed by atoms with van der Waals surface area (Å²) in [5.41, 5.74) is 6.82. The van der Waals surface area contributed by atoms with Crippen LogP contribution in [0.1, 0.15) is 55.8 Å². The minimum atomic E-state index is -1.09. The lowest BCUT2D eigenvalue weighted by Crippen LogP contribution is -2.09. The fraction of sp³-hybridized carbons (Fsp3) is 0.231. The van der Waals surface area contributed by atoms with Crippen LogP contribution in [-0.4, -0.2) is 29.6 Å². The van der Waals surface area contributed by atoms with Gasteiger partial charge in [-0.15, -0.1) is 0 Å². The fourth-order valence-corrected chi connectivity index (χ4v) is 4.62. The zero-order valence-electron chi connectivity index (χ0n) is 16.6. The van der Waals surface area contributed by atoms with E-state index in [0.29, 0.717) is 11.7 Å². The summed E-state index contributed by atoms with van der Waals surface area (Å²) in [5.74, 6) is -1.35. The minimum Gasteiger partial charge on any atom is -0.478 e. The van der Waals surface area contributed by atoms with Crippen molar-refractivity contribution in [2.45, 2.75) is 31.8 Å². The minimum absolute atomic E-state index is 0.0325. The Morgan fingerprint density at radius 3 is 2.40 bits per heavy atom. The van der Waals surface area contributed by atoms with E-state index < -0.39 is 5.97 Å². The smallest absolute Gasteiger partial charge is 0.336 e. The van der Waals surface area contributed by atoms with Gasteiger partial charge in [0.2, 0.25) is 0 Å². The molecule has 1 fully saturated rings. The molecule has 0 bridgehead atoms. The number of ketones is 1. The average Bonchev–Trinajstić information content (AvgIpc) is 3.39. The van der Waals surface area contributed by atoms with Gasteiger partial charge in [0.05, 0.1) is 11.7 Å². The van der Waals surface area contributed by atoms with Crippen LogP contribution in [0.5, 0.6) is 0 Å². The highest BCUT2D eigenvalue weighted by Gasteiger charge is 2.23. The van der Waals surface area contributed by atoms with Crippen molar-refractivity contribution in [3.8, 4) is 11.1 Å². The van der Waals surface area contributed by atoms with Crippen LogP contribution in [0.2, 0.25) is 0 Å². The summed E-state index contributed by atoms with van der Waals surface area (Å²) in [6, 6.07) is 18.7. The number of benzene rings is 3. The summed E-state index contributed by atoms with van der Waals surface area (Å²) in [6.07, 6.45) is 4.32. The molecule has 3 aromatic rings. The largest absolute Gasteiger partial charge is 0.478 e. The fourth-order valence-electron chi connectivity index (χ4n) is 4.62. The van der Waals surface area contributed by atoms with E-state index in [0.717, 1.165) is 43.4 Å². The first-order valence-electron chi connectivity index (χ1n) is 10.3. The molecule has 1 aliphatic carbocycles. The lowest BCUT2D eigenvalue weighted by molar-refractivity contribution is 0.0692. The first-order chi connectivity index (χ1) is 14.6. The highest BCUT2D eigenvalue weighted by molar-refractivity contribution is 6.14. The summed E-state index contributed by atoms with van der Waals surface area (Å²) in [4.78, 5) is 24.5. The summed E-state index contributed by atoms with van der Waals surface area (Å²) in [5, 5.41) is 9.40. The van der Waals surface area contributed by atoms with Gasteiger partial charge in [-0.2, -0.15) is 0 Å². The van der Waals surface area contributed by atoms with E-state index in [1.54, 1.807) is 24.3 Å². The molecule has 0 spiro atoms. The number of hydrogen-bond acceptors (Lipinski definition) is 3. The molecular weight excluding hydrogens is 376 g/mol. The monoisotopic (exact) mass is 398 g/mol. The lowest BCUT2D eigenvalue weighted by Gasteiger charge is -2.10. The number of carbonyl (C=O) groups excluding carboxylic acids is 1. The number of ether oxygens (including phenoxy) is 1. The SMILES string of the molecule is O=C(O)c1ccccc1C(=O)c1ccc2c(c1)Cc1cc(CC3CCCO3)ccc1-2. The van der Waals surface area contributed by atoms with Gasteiger partial charge >= 0.3 is 5.97 Å². The lowest BCUT2D eigenvalue weighted by atomic mass is 9.95. The van der Waals surface area contributed by atoms with Gasteiger partial charge in [-0.1, -0.05) is 48.5 Å². The molecule has 4 heteroatoms. The Labute approximate surface area is 175 Å². The molecule has 1 unspecified atom stereocenters. The van der Waals surface area contributed by atoms with Gasteiger partial charge in [0.1, 0.15) is 0 Å². The molecule has 30 heavy (non-hydrogen) atoms. The predicted molar refractivity (Wildman–Crippen MR) is 114 cm³/mol. The van der Waals surface area contributed by atoms with Crippen LogP contribution >= 0.6 is 0 Å². The maximum atomic E-state index is 13.0. The molecule has 1 N–H and O–H groups in total. The molecule has 0 aromatic heterocycles. The summed E-state index contributed by atoms with van der Waals surface area (Å²) >= 11 is 0. The zero-order valence-corrected chi connectivity index (χ0v) is 16.6. The van der Waals surface area contributed by atoms with Crippen molar-refractivity contribution >= 4 is 11.8 Å². The van der Waals surface area contributed by atoms with E-state index in [1.165, 1.54) is 22.8 Å². The molecule has 2 aliphatic rings. The Morgan fingerprint density at radius 1 is 0.933 bits per heavy atom. The number of aromatic carboxylic acids is 1. The van der Waals surface area contributed by atoms with Crippen molar-refractivity contribution in [3.05, 3.63) is 94.0 Å². The van der Waals surface area contributed by atoms with E-state index in [1.807, 2.05) is 12.1 Å². The van der Waals surface area contributed by atoms with Gasteiger partial charge in [-0.3, -0.25) is 4.79 Å². The normalized spacial score (nSPS) is 16.9. The van der Waals surface area contributed by atoms with Crippen molar-refractivity contribution in [1.29, 1.82) is 0 Å². The average molecular weight is 398 g/mol. The number of carboxylic acids is 1. The first-order valence-corrected chi connectivity index (χ1v) is 10.3. The van der Waals surface area contributed by atoms with E-state index in [4.69, 9.17) is 4.74 Å². The molecule has 4 nitrogen and oxygen atoms in total. The van der Waals surface area contributed by atoms with E-state index >= 15 is 0 Å². The van der Waals surface area contributed by atoms with Crippen LogP contribution in [0.3, 0.4) is 0 Å². The van der Waals surface area contributed by atoms with Gasteiger partial charge < -0.3 is 9.84 Å². The Balaban J connectivity index is 1.42. The van der Waals surface area contributed by atoms with Crippen LogP contribution in [-0.2, 0) is 17.6 Å². The van der Waals surface area contributed by atoms with Gasteiger partial charge in [0.15, 0.2) is 5.78 Å². The van der Waals surface area contributed by atoms with E-state index in [2.05, 4.69) is 18.2 Å². The predicted octanol–water partition coefficient (Wildman–Crippen LogP) is 4.91. The topological polar surface area (TPSA) is 63.6 Å². The van der Waals surface area contributed by atoms with Crippen LogP contribution < -0.4 is 0 Å². The molecule has 1 aliphatic heterocycles. The maximum Gasteiger partial charge on any atom is 0.336 e. The zero-order chi connectivity index (χ0) is 20.7. The van der Waals surface area contributed by atoms with Crippen LogP contribution in [0.25, 0.3) is 11.1 Å².